The highest BCUT2D eigenvalue weighted by Crippen LogP contribution is 2.32. The summed E-state index contributed by atoms with van der Waals surface area (Å²) < 4.78 is 0. The number of nitriles is 1. The van der Waals surface area contributed by atoms with Gasteiger partial charge in [-0.05, 0) is 12.0 Å². The molecule has 2 N–H and O–H groups in total. The third kappa shape index (κ3) is 1.98. The van der Waals surface area contributed by atoms with Crippen molar-refractivity contribution in [3.05, 3.63) is 27.9 Å². The Morgan fingerprint density at radius 1 is 1.67 bits per heavy atom. The fraction of sp³-hybridized carbons (Fsp3) is 0.455. The molecular formula is C11H13N5O2. The van der Waals surface area contributed by atoms with E-state index in [9.17, 15) is 10.1 Å². The first-order valence-electron chi connectivity index (χ1n) is 5.58. The summed E-state index contributed by atoms with van der Waals surface area (Å²) in [6.45, 7) is 3.12. The van der Waals surface area contributed by atoms with Gasteiger partial charge in [0.05, 0.1) is 4.92 Å². The molecule has 0 aliphatic carbocycles. The van der Waals surface area contributed by atoms with Crippen LogP contribution >= 0.6 is 0 Å². The molecule has 2 heterocycles. The number of hydrogen-bond acceptors (Lipinski definition) is 6. The van der Waals surface area contributed by atoms with E-state index in [1.807, 2.05) is 13.0 Å². The Labute approximate surface area is 104 Å². The summed E-state index contributed by atoms with van der Waals surface area (Å²) in [4.78, 5) is 16.3. The molecule has 1 fully saturated rings. The Kier molecular flexibility index (Phi) is 3.12. The molecule has 1 saturated heterocycles. The zero-order valence-corrected chi connectivity index (χ0v) is 9.91. The van der Waals surface area contributed by atoms with Crippen molar-refractivity contribution >= 4 is 11.5 Å². The summed E-state index contributed by atoms with van der Waals surface area (Å²) in [5.41, 5.74) is 5.69. The second kappa shape index (κ2) is 4.58. The molecule has 7 heteroatoms. The van der Waals surface area contributed by atoms with Crippen molar-refractivity contribution in [2.24, 2.45) is 11.7 Å². The predicted octanol–water partition coefficient (Wildman–Crippen LogP) is 0.645. The highest BCUT2D eigenvalue weighted by atomic mass is 16.6. The molecule has 0 amide bonds. The van der Waals surface area contributed by atoms with Crippen LogP contribution in [0.1, 0.15) is 12.5 Å². The van der Waals surface area contributed by atoms with Gasteiger partial charge in [-0.25, -0.2) is 4.98 Å². The van der Waals surface area contributed by atoms with Crippen molar-refractivity contribution in [2.45, 2.75) is 13.0 Å². The SMILES string of the molecule is CC1CN(c2nccc(C#N)c2[N+](=O)[O-])CC1N. The molecule has 1 aromatic heterocycles. The number of rotatable bonds is 2. The van der Waals surface area contributed by atoms with Gasteiger partial charge in [0.25, 0.3) is 0 Å². The second-order valence-electron chi connectivity index (χ2n) is 4.45. The average Bonchev–Trinajstić information content (AvgIpc) is 2.68. The van der Waals surface area contributed by atoms with Crippen molar-refractivity contribution < 1.29 is 4.92 Å². The summed E-state index contributed by atoms with van der Waals surface area (Å²) >= 11 is 0. The van der Waals surface area contributed by atoms with Gasteiger partial charge in [-0.1, -0.05) is 6.92 Å². The van der Waals surface area contributed by atoms with E-state index >= 15 is 0 Å². The van der Waals surface area contributed by atoms with Crippen LogP contribution in [-0.4, -0.2) is 29.0 Å². The molecule has 1 aliphatic heterocycles. The van der Waals surface area contributed by atoms with Gasteiger partial charge >= 0.3 is 5.69 Å². The minimum Gasteiger partial charge on any atom is -0.349 e. The standard InChI is InChI=1S/C11H13N5O2/c1-7-5-15(6-9(7)13)11-10(16(17)18)8(4-12)2-3-14-11/h2-3,7,9H,5-6,13H2,1H3. The van der Waals surface area contributed by atoms with Gasteiger partial charge in [0.1, 0.15) is 11.6 Å². The van der Waals surface area contributed by atoms with Crippen LogP contribution in [0.5, 0.6) is 0 Å². The van der Waals surface area contributed by atoms with Crippen LogP contribution in [0, 0.1) is 27.4 Å². The van der Waals surface area contributed by atoms with E-state index in [2.05, 4.69) is 4.98 Å². The van der Waals surface area contributed by atoms with Gasteiger partial charge < -0.3 is 10.6 Å². The number of hydrogen-bond donors (Lipinski definition) is 1. The minimum atomic E-state index is -0.560. The lowest BCUT2D eigenvalue weighted by Gasteiger charge is -2.16. The summed E-state index contributed by atoms with van der Waals surface area (Å²) in [7, 11) is 0. The Hall–Kier alpha value is -2.20. The van der Waals surface area contributed by atoms with E-state index in [1.54, 1.807) is 4.90 Å². The maximum Gasteiger partial charge on any atom is 0.329 e. The van der Waals surface area contributed by atoms with Crippen LogP contribution in [0.4, 0.5) is 11.5 Å². The lowest BCUT2D eigenvalue weighted by molar-refractivity contribution is -0.384. The van der Waals surface area contributed by atoms with Gasteiger partial charge in [-0.3, -0.25) is 10.1 Å². The van der Waals surface area contributed by atoms with Crippen molar-refractivity contribution in [1.29, 1.82) is 5.26 Å². The molecule has 7 nitrogen and oxygen atoms in total. The molecule has 94 valence electrons. The van der Waals surface area contributed by atoms with Gasteiger partial charge in [0, 0.05) is 25.3 Å². The van der Waals surface area contributed by atoms with E-state index in [4.69, 9.17) is 11.0 Å². The predicted molar refractivity (Wildman–Crippen MR) is 65.0 cm³/mol. The Morgan fingerprint density at radius 3 is 2.89 bits per heavy atom. The number of anilines is 1. The maximum absolute atomic E-state index is 11.1. The van der Waals surface area contributed by atoms with Gasteiger partial charge in [-0.15, -0.1) is 0 Å². The molecule has 0 aromatic carbocycles. The molecule has 0 bridgehead atoms. The first-order valence-corrected chi connectivity index (χ1v) is 5.58. The van der Waals surface area contributed by atoms with Gasteiger partial charge in [0.2, 0.25) is 5.82 Å². The van der Waals surface area contributed by atoms with Crippen LogP contribution in [0.3, 0.4) is 0 Å². The van der Waals surface area contributed by atoms with E-state index in [-0.39, 0.29) is 29.0 Å². The maximum atomic E-state index is 11.1. The lowest BCUT2D eigenvalue weighted by Crippen LogP contribution is -2.29. The third-order valence-electron chi connectivity index (χ3n) is 3.18. The van der Waals surface area contributed by atoms with Crippen molar-refractivity contribution in [3.8, 4) is 6.07 Å². The van der Waals surface area contributed by atoms with E-state index in [1.165, 1.54) is 12.3 Å². The Bertz CT molecular complexity index is 515. The third-order valence-corrected chi connectivity index (χ3v) is 3.18. The zero-order valence-electron chi connectivity index (χ0n) is 9.91. The molecule has 1 aliphatic rings. The number of nitrogens with two attached hydrogens (primary N) is 1. The first kappa shape index (κ1) is 12.3. The van der Waals surface area contributed by atoms with Gasteiger partial charge in [0.15, 0.2) is 0 Å². The molecule has 0 spiro atoms. The van der Waals surface area contributed by atoms with Crippen molar-refractivity contribution in [3.63, 3.8) is 0 Å². The smallest absolute Gasteiger partial charge is 0.329 e. The number of aromatic nitrogens is 1. The molecule has 2 atom stereocenters. The first-order chi connectivity index (χ1) is 8.54. The number of nitro groups is 1. The molecule has 2 rings (SSSR count). The van der Waals surface area contributed by atoms with Crippen LogP contribution in [0.2, 0.25) is 0 Å². The Morgan fingerprint density at radius 2 is 2.39 bits per heavy atom. The normalized spacial score (nSPS) is 22.8. The molecular weight excluding hydrogens is 234 g/mol. The quantitative estimate of drug-likeness (QED) is 0.606. The lowest BCUT2D eigenvalue weighted by atomic mass is 10.1. The molecule has 2 unspecified atom stereocenters. The largest absolute Gasteiger partial charge is 0.349 e. The van der Waals surface area contributed by atoms with E-state index < -0.39 is 4.92 Å². The summed E-state index contributed by atoms with van der Waals surface area (Å²) in [5, 5.41) is 20.0. The van der Waals surface area contributed by atoms with Crippen LogP contribution in [0.25, 0.3) is 0 Å². The molecule has 18 heavy (non-hydrogen) atoms. The molecule has 0 saturated carbocycles. The number of nitrogens with zero attached hydrogens (tertiary/aromatic N) is 4. The fourth-order valence-corrected chi connectivity index (χ4v) is 2.11. The molecule has 1 aromatic rings. The fourth-order valence-electron chi connectivity index (χ4n) is 2.11. The minimum absolute atomic E-state index is 0.0260. The van der Waals surface area contributed by atoms with Gasteiger partial charge in [-0.2, -0.15) is 5.26 Å². The Balaban J connectivity index is 2.46. The average molecular weight is 247 g/mol. The van der Waals surface area contributed by atoms with E-state index in [0.717, 1.165) is 0 Å². The summed E-state index contributed by atoms with van der Waals surface area (Å²) in [5.74, 6) is 0.482. The molecule has 0 radical (unpaired) electrons. The highest BCUT2D eigenvalue weighted by Gasteiger charge is 2.33. The second-order valence-corrected chi connectivity index (χ2v) is 4.45. The van der Waals surface area contributed by atoms with Crippen LogP contribution in [-0.2, 0) is 0 Å². The van der Waals surface area contributed by atoms with Crippen molar-refractivity contribution in [2.75, 3.05) is 18.0 Å². The topological polar surface area (TPSA) is 109 Å². The van der Waals surface area contributed by atoms with Crippen molar-refractivity contribution in [1.82, 2.24) is 4.98 Å². The monoisotopic (exact) mass is 247 g/mol. The van der Waals surface area contributed by atoms with E-state index in [0.29, 0.717) is 13.1 Å². The van der Waals surface area contributed by atoms with Crippen LogP contribution in [0.15, 0.2) is 12.3 Å². The zero-order chi connectivity index (χ0) is 13.3. The number of pyridine rings is 1. The highest BCUT2D eigenvalue weighted by molar-refractivity contribution is 5.65. The van der Waals surface area contributed by atoms with Crippen LogP contribution < -0.4 is 10.6 Å². The summed E-state index contributed by atoms with van der Waals surface area (Å²) in [6.07, 6.45) is 1.41. The summed E-state index contributed by atoms with van der Waals surface area (Å²) in [6, 6.07) is 3.14.